The van der Waals surface area contributed by atoms with E-state index in [2.05, 4.69) is 15.3 Å². The van der Waals surface area contributed by atoms with Crippen molar-refractivity contribution >= 4 is 35.6 Å². The molecule has 1 rings (SSSR count). The van der Waals surface area contributed by atoms with Crippen LogP contribution in [0.2, 0.25) is 0 Å². The van der Waals surface area contributed by atoms with Gasteiger partial charge in [0.05, 0.1) is 31.8 Å². The Morgan fingerprint density at radius 1 is 0.939 bits per heavy atom. The molecule has 16 heteroatoms. The Morgan fingerprint density at radius 2 is 1.52 bits per heavy atom. The van der Waals surface area contributed by atoms with Crippen molar-refractivity contribution in [1.82, 2.24) is 25.9 Å². The number of carboxylic acids is 2. The number of rotatable bonds is 14. The molecule has 0 aliphatic carbocycles. The predicted molar refractivity (Wildman–Crippen MR) is 107 cm³/mol. The highest BCUT2D eigenvalue weighted by Crippen LogP contribution is 2.01. The van der Waals surface area contributed by atoms with Crippen molar-refractivity contribution in [3.05, 3.63) is 18.2 Å². The average Bonchev–Trinajstić information content (AvgIpc) is 3.22. The molecule has 0 aliphatic heterocycles. The highest BCUT2D eigenvalue weighted by Gasteiger charge is 2.31. The highest BCUT2D eigenvalue weighted by atomic mass is 16.4. The van der Waals surface area contributed by atoms with Gasteiger partial charge in [-0.2, -0.15) is 0 Å². The van der Waals surface area contributed by atoms with Crippen LogP contribution in [0.15, 0.2) is 12.5 Å². The van der Waals surface area contributed by atoms with Crippen LogP contribution < -0.4 is 27.4 Å². The summed E-state index contributed by atoms with van der Waals surface area (Å²) in [6.07, 6.45) is 1.19. The molecule has 4 atom stereocenters. The summed E-state index contributed by atoms with van der Waals surface area (Å²) in [5.41, 5.74) is 11.4. The molecule has 0 saturated carbocycles. The number of hydrogen-bond donors (Lipinski definition) is 9. The summed E-state index contributed by atoms with van der Waals surface area (Å²) in [6, 6.07) is -6.27. The minimum atomic E-state index is -1.83. The average molecular weight is 471 g/mol. The Hall–Kier alpha value is -4.05. The number of carbonyl (C=O) groups excluding carboxylic acids is 4. The Morgan fingerprint density at radius 3 is 2.00 bits per heavy atom. The lowest BCUT2D eigenvalue weighted by Crippen LogP contribution is -2.58. The van der Waals surface area contributed by atoms with E-state index in [0.29, 0.717) is 5.69 Å². The van der Waals surface area contributed by atoms with Crippen LogP contribution in [-0.4, -0.2) is 91.6 Å². The van der Waals surface area contributed by atoms with Gasteiger partial charge in [-0.1, -0.05) is 0 Å². The molecule has 4 amide bonds. The van der Waals surface area contributed by atoms with Gasteiger partial charge < -0.3 is 47.7 Å². The lowest BCUT2D eigenvalue weighted by molar-refractivity contribution is -0.147. The van der Waals surface area contributed by atoms with Crippen molar-refractivity contribution in [1.29, 1.82) is 0 Å². The maximum absolute atomic E-state index is 12.5. The molecule has 0 aliphatic rings. The second kappa shape index (κ2) is 12.7. The van der Waals surface area contributed by atoms with Crippen molar-refractivity contribution in [2.75, 3.05) is 6.61 Å². The predicted octanol–water partition coefficient (Wildman–Crippen LogP) is -4.84. The number of primary amides is 1. The first-order valence-corrected chi connectivity index (χ1v) is 9.42. The van der Waals surface area contributed by atoms with Gasteiger partial charge in [-0.05, 0) is 0 Å². The minimum Gasteiger partial charge on any atom is -0.481 e. The summed E-state index contributed by atoms with van der Waals surface area (Å²) in [6.45, 7) is -1.01. The summed E-state index contributed by atoms with van der Waals surface area (Å²) in [5.74, 6) is -7.28. The fourth-order valence-corrected chi connectivity index (χ4v) is 2.53. The number of nitrogens with one attached hydrogen (secondary N) is 4. The van der Waals surface area contributed by atoms with Gasteiger partial charge in [0.25, 0.3) is 0 Å². The van der Waals surface area contributed by atoms with Gasteiger partial charge in [0, 0.05) is 18.3 Å². The number of nitrogens with two attached hydrogens (primary N) is 2. The number of amides is 4. The van der Waals surface area contributed by atoms with Crippen LogP contribution in [0.25, 0.3) is 0 Å². The summed E-state index contributed by atoms with van der Waals surface area (Å²) >= 11 is 0. The third-order valence-electron chi connectivity index (χ3n) is 4.18. The minimum absolute atomic E-state index is 0.0264. The van der Waals surface area contributed by atoms with Gasteiger partial charge in [-0.15, -0.1) is 0 Å². The van der Waals surface area contributed by atoms with E-state index >= 15 is 0 Å². The summed E-state index contributed by atoms with van der Waals surface area (Å²) in [5, 5.41) is 33.2. The number of aromatic amines is 1. The lowest BCUT2D eigenvalue weighted by atomic mass is 10.1. The van der Waals surface area contributed by atoms with E-state index < -0.39 is 79.2 Å². The molecule has 0 saturated heterocycles. The number of aliphatic hydroxyl groups excluding tert-OH is 1. The summed E-state index contributed by atoms with van der Waals surface area (Å²) in [7, 11) is 0. The molecule has 4 unspecified atom stereocenters. The van der Waals surface area contributed by atoms with E-state index in [1.165, 1.54) is 12.5 Å². The van der Waals surface area contributed by atoms with Gasteiger partial charge in [-0.25, -0.2) is 9.78 Å². The largest absolute Gasteiger partial charge is 0.481 e. The smallest absolute Gasteiger partial charge is 0.326 e. The second-order valence-electron chi connectivity index (χ2n) is 6.86. The molecule has 16 nitrogen and oxygen atoms in total. The number of aromatic nitrogens is 2. The number of aliphatic carboxylic acids is 2. The van der Waals surface area contributed by atoms with E-state index in [1.54, 1.807) is 0 Å². The van der Waals surface area contributed by atoms with Crippen molar-refractivity contribution in [2.45, 2.75) is 43.4 Å². The molecule has 0 bridgehead atoms. The van der Waals surface area contributed by atoms with E-state index in [9.17, 15) is 33.9 Å². The zero-order chi connectivity index (χ0) is 25.1. The second-order valence-corrected chi connectivity index (χ2v) is 6.86. The first kappa shape index (κ1) is 27.0. The molecule has 1 aromatic heterocycles. The number of hydrogen-bond acceptors (Lipinski definition) is 9. The number of carbonyl (C=O) groups is 6. The molecule has 11 N–H and O–H groups in total. The zero-order valence-electron chi connectivity index (χ0n) is 17.2. The van der Waals surface area contributed by atoms with Crippen LogP contribution in [0, 0.1) is 0 Å². The van der Waals surface area contributed by atoms with E-state index in [4.69, 9.17) is 21.7 Å². The van der Waals surface area contributed by atoms with Gasteiger partial charge >= 0.3 is 11.9 Å². The third-order valence-corrected chi connectivity index (χ3v) is 4.18. The fourth-order valence-electron chi connectivity index (χ4n) is 2.53. The van der Waals surface area contributed by atoms with E-state index in [-0.39, 0.29) is 6.42 Å². The maximum Gasteiger partial charge on any atom is 0.326 e. The van der Waals surface area contributed by atoms with Crippen LogP contribution in [-0.2, 0) is 35.2 Å². The van der Waals surface area contributed by atoms with Gasteiger partial charge in [0.1, 0.15) is 18.1 Å². The molecular weight excluding hydrogens is 446 g/mol. The quantitative estimate of drug-likeness (QED) is 0.124. The Bertz CT molecular complexity index is 874. The van der Waals surface area contributed by atoms with E-state index in [1.807, 2.05) is 10.6 Å². The first-order valence-electron chi connectivity index (χ1n) is 9.42. The van der Waals surface area contributed by atoms with Gasteiger partial charge in [0.15, 0.2) is 0 Å². The maximum atomic E-state index is 12.5. The number of aliphatic hydroxyl groups is 1. The number of imidazole rings is 1. The Balaban J connectivity index is 2.84. The Labute approximate surface area is 186 Å². The molecule has 0 aromatic carbocycles. The molecule has 1 aromatic rings. The van der Waals surface area contributed by atoms with Crippen molar-refractivity contribution in [3.63, 3.8) is 0 Å². The van der Waals surface area contributed by atoms with Crippen LogP contribution in [0.5, 0.6) is 0 Å². The van der Waals surface area contributed by atoms with Gasteiger partial charge in [-0.3, -0.25) is 24.0 Å². The lowest BCUT2D eigenvalue weighted by Gasteiger charge is -2.23. The van der Waals surface area contributed by atoms with Crippen LogP contribution >= 0.6 is 0 Å². The highest BCUT2D eigenvalue weighted by molar-refractivity contribution is 5.96. The third kappa shape index (κ3) is 9.32. The number of carboxylic acid groups (broad SMARTS) is 2. The zero-order valence-corrected chi connectivity index (χ0v) is 17.2. The molecule has 0 spiro atoms. The van der Waals surface area contributed by atoms with Crippen molar-refractivity contribution in [3.8, 4) is 0 Å². The molecule has 0 radical (unpaired) electrons. The number of nitrogens with zero attached hydrogens (tertiary/aromatic N) is 1. The Kier molecular flexibility index (Phi) is 10.4. The first-order chi connectivity index (χ1) is 15.4. The van der Waals surface area contributed by atoms with Gasteiger partial charge in [0.2, 0.25) is 23.6 Å². The van der Waals surface area contributed by atoms with Crippen LogP contribution in [0.1, 0.15) is 18.5 Å². The summed E-state index contributed by atoms with van der Waals surface area (Å²) in [4.78, 5) is 76.7. The number of H-pyrrole nitrogens is 1. The fraction of sp³-hybridized carbons (Fsp3) is 0.471. The topological polar surface area (TPSA) is 280 Å². The molecule has 182 valence electrons. The molecule has 0 fully saturated rings. The van der Waals surface area contributed by atoms with Crippen molar-refractivity contribution in [2.24, 2.45) is 11.5 Å². The standard InChI is InChI=1S/C17H25N7O9/c18-8(1-7-4-20-6-21-7)14(29)22-9(2-12(19)26)15(30)24-11(5-25)16(31)23-10(17(32)33)3-13(27)28/h4,6,8-11,25H,1-3,5,18H2,(H2,19,26)(H,20,21)(H,22,29)(H,23,31)(H,24,30)(H,27,28)(H,32,33). The monoisotopic (exact) mass is 471 g/mol. The normalized spacial score (nSPS) is 14.2. The SMILES string of the molecule is NC(=O)CC(NC(=O)C(N)Cc1cnc[nH]1)C(=O)NC(CO)C(=O)NC(CC(=O)O)C(=O)O. The summed E-state index contributed by atoms with van der Waals surface area (Å²) < 4.78 is 0. The van der Waals surface area contributed by atoms with Crippen molar-refractivity contribution < 1.29 is 44.1 Å². The molecular formula is C17H25N7O9. The van der Waals surface area contributed by atoms with E-state index in [0.717, 1.165) is 0 Å². The van der Waals surface area contributed by atoms with Crippen LogP contribution in [0.3, 0.4) is 0 Å². The molecule has 1 heterocycles. The molecule has 33 heavy (non-hydrogen) atoms. The van der Waals surface area contributed by atoms with Crippen LogP contribution in [0.4, 0.5) is 0 Å².